The molecule has 1 saturated heterocycles. The number of thiophene rings is 1. The number of carbonyl (C=O) groups excluding carboxylic acids is 1. The Balaban J connectivity index is 1.51. The minimum Gasteiger partial charge on any atom is -0.324 e. The van der Waals surface area contributed by atoms with Crippen molar-refractivity contribution in [3.63, 3.8) is 0 Å². The van der Waals surface area contributed by atoms with Crippen molar-refractivity contribution >= 4 is 45.5 Å². The Morgan fingerprint density at radius 1 is 1.19 bits per heavy atom. The fourth-order valence-corrected chi connectivity index (χ4v) is 4.44. The first-order chi connectivity index (χ1) is 15.6. The van der Waals surface area contributed by atoms with E-state index in [-0.39, 0.29) is 11.5 Å². The van der Waals surface area contributed by atoms with E-state index in [0.717, 1.165) is 29.2 Å². The van der Waals surface area contributed by atoms with Crippen LogP contribution >= 0.6 is 11.3 Å². The molecule has 0 saturated carbocycles. The van der Waals surface area contributed by atoms with Gasteiger partial charge < -0.3 is 10.2 Å². The van der Waals surface area contributed by atoms with Gasteiger partial charge in [-0.15, -0.1) is 17.9 Å². The molecule has 3 aromatic heterocycles. The predicted octanol–water partition coefficient (Wildman–Crippen LogP) is 3.97. The zero-order chi connectivity index (χ0) is 22.1. The maximum absolute atomic E-state index is 12.8. The summed E-state index contributed by atoms with van der Waals surface area (Å²) in [6.07, 6.45) is 4.65. The summed E-state index contributed by atoms with van der Waals surface area (Å²) in [4.78, 5) is 36.4. The molecule has 160 valence electrons. The highest BCUT2D eigenvalue weighted by Crippen LogP contribution is 2.28. The van der Waals surface area contributed by atoms with E-state index in [1.54, 1.807) is 11.0 Å². The number of aromatic nitrogens is 4. The molecule has 1 aliphatic heterocycles. The lowest BCUT2D eigenvalue weighted by atomic mass is 10.2. The Morgan fingerprint density at radius 3 is 2.72 bits per heavy atom. The molecule has 1 aliphatic rings. The van der Waals surface area contributed by atoms with Crippen molar-refractivity contribution in [3.8, 4) is 10.6 Å². The van der Waals surface area contributed by atoms with Crippen molar-refractivity contribution in [3.05, 3.63) is 71.0 Å². The van der Waals surface area contributed by atoms with E-state index in [0.29, 0.717) is 35.5 Å². The van der Waals surface area contributed by atoms with Crippen molar-refractivity contribution < 1.29 is 4.79 Å². The van der Waals surface area contributed by atoms with Crippen LogP contribution in [0.25, 0.3) is 21.5 Å². The summed E-state index contributed by atoms with van der Waals surface area (Å²) in [7, 11) is 0. The highest BCUT2D eigenvalue weighted by Gasteiger charge is 2.21. The summed E-state index contributed by atoms with van der Waals surface area (Å²) in [5, 5.41) is 10.1. The fraction of sp³-hybridized carbons (Fsp3) is 0.174. The van der Waals surface area contributed by atoms with Crippen LogP contribution < -0.4 is 15.8 Å². The van der Waals surface area contributed by atoms with Crippen LogP contribution in [-0.2, 0) is 11.3 Å². The topological polar surface area (TPSA) is 93.0 Å². The highest BCUT2D eigenvalue weighted by atomic mass is 32.1. The average molecular weight is 445 g/mol. The third kappa shape index (κ3) is 3.67. The van der Waals surface area contributed by atoms with Crippen LogP contribution in [0, 0.1) is 0 Å². The SMILES string of the molecule is C=CCn1nc(-c2cccs2)c2nc(Nc3ccc(N4CCCC4=O)cc3)ncc2c1=O. The molecule has 0 unspecified atom stereocenters. The summed E-state index contributed by atoms with van der Waals surface area (Å²) < 4.78 is 1.37. The average Bonchev–Trinajstić information content (AvgIpc) is 3.48. The number of carbonyl (C=O) groups is 1. The van der Waals surface area contributed by atoms with E-state index >= 15 is 0 Å². The molecule has 0 atom stereocenters. The summed E-state index contributed by atoms with van der Waals surface area (Å²) in [6, 6.07) is 11.5. The van der Waals surface area contributed by atoms with Gasteiger partial charge in [0.2, 0.25) is 11.9 Å². The maximum Gasteiger partial charge on any atom is 0.278 e. The molecule has 1 N–H and O–H groups in total. The Labute approximate surface area is 187 Å². The van der Waals surface area contributed by atoms with Crippen LogP contribution in [-0.4, -0.2) is 32.2 Å². The molecule has 4 aromatic rings. The van der Waals surface area contributed by atoms with Crippen LogP contribution in [0.5, 0.6) is 0 Å². The van der Waals surface area contributed by atoms with Gasteiger partial charge in [0.05, 0.1) is 16.8 Å². The molecule has 1 aromatic carbocycles. The number of benzene rings is 1. The maximum atomic E-state index is 12.8. The minimum atomic E-state index is -0.258. The highest BCUT2D eigenvalue weighted by molar-refractivity contribution is 7.13. The molecule has 0 bridgehead atoms. The van der Waals surface area contributed by atoms with Crippen LogP contribution in [0.2, 0.25) is 0 Å². The zero-order valence-electron chi connectivity index (χ0n) is 17.2. The third-order valence-electron chi connectivity index (χ3n) is 5.26. The molecule has 0 radical (unpaired) electrons. The first-order valence-corrected chi connectivity index (χ1v) is 11.1. The first kappa shape index (κ1) is 20.1. The van der Waals surface area contributed by atoms with Gasteiger partial charge in [0.25, 0.3) is 5.56 Å². The lowest BCUT2D eigenvalue weighted by molar-refractivity contribution is -0.117. The fourth-order valence-electron chi connectivity index (χ4n) is 3.73. The number of anilines is 3. The smallest absolute Gasteiger partial charge is 0.278 e. The van der Waals surface area contributed by atoms with E-state index in [1.807, 2.05) is 41.8 Å². The number of fused-ring (bicyclic) bond motifs is 1. The Morgan fingerprint density at radius 2 is 2.03 bits per heavy atom. The Bertz CT molecular complexity index is 1360. The number of hydrogen-bond acceptors (Lipinski definition) is 7. The van der Waals surface area contributed by atoms with Crippen LogP contribution in [0.15, 0.2) is 65.4 Å². The van der Waals surface area contributed by atoms with Crippen molar-refractivity contribution in [2.45, 2.75) is 19.4 Å². The van der Waals surface area contributed by atoms with Gasteiger partial charge >= 0.3 is 0 Å². The van der Waals surface area contributed by atoms with Gasteiger partial charge in [-0.1, -0.05) is 12.1 Å². The second kappa shape index (κ2) is 8.35. The normalized spacial score (nSPS) is 13.6. The Hall–Kier alpha value is -3.85. The van der Waals surface area contributed by atoms with Crippen molar-refractivity contribution in [1.29, 1.82) is 0 Å². The van der Waals surface area contributed by atoms with Gasteiger partial charge in [-0.25, -0.2) is 14.6 Å². The van der Waals surface area contributed by atoms with Gasteiger partial charge in [-0.3, -0.25) is 9.59 Å². The molecule has 32 heavy (non-hydrogen) atoms. The summed E-state index contributed by atoms with van der Waals surface area (Å²) in [6.45, 7) is 4.76. The van der Waals surface area contributed by atoms with Crippen LogP contribution in [0.1, 0.15) is 12.8 Å². The number of nitrogens with one attached hydrogen (secondary N) is 1. The molecule has 0 spiro atoms. The molecular weight excluding hydrogens is 424 g/mol. The number of hydrogen-bond donors (Lipinski definition) is 1. The summed E-state index contributed by atoms with van der Waals surface area (Å²) in [5.41, 5.74) is 2.53. The minimum absolute atomic E-state index is 0.152. The van der Waals surface area contributed by atoms with Crippen LogP contribution in [0.4, 0.5) is 17.3 Å². The van der Waals surface area contributed by atoms with Crippen molar-refractivity contribution in [2.75, 3.05) is 16.8 Å². The van der Waals surface area contributed by atoms with E-state index in [1.165, 1.54) is 22.2 Å². The standard InChI is InChI=1S/C23H20N6O2S/c1-2-11-29-22(31)17-14-24-23(26-20(17)21(27-29)18-5-4-13-32-18)25-15-7-9-16(10-8-15)28-12-3-6-19(28)30/h2,4-5,7-10,13-14H,1,3,6,11-12H2,(H,24,25,26). The molecule has 1 amide bonds. The molecule has 5 rings (SSSR count). The molecular formula is C23H20N6O2S. The van der Waals surface area contributed by atoms with Gasteiger partial charge in [0.1, 0.15) is 11.2 Å². The largest absolute Gasteiger partial charge is 0.324 e. The molecule has 9 heteroatoms. The monoisotopic (exact) mass is 444 g/mol. The van der Waals surface area contributed by atoms with E-state index in [2.05, 4.69) is 27.0 Å². The van der Waals surface area contributed by atoms with E-state index < -0.39 is 0 Å². The quantitative estimate of drug-likeness (QED) is 0.452. The lowest BCUT2D eigenvalue weighted by Crippen LogP contribution is -2.24. The molecule has 4 heterocycles. The van der Waals surface area contributed by atoms with Gasteiger partial charge in [-0.05, 0) is 42.1 Å². The van der Waals surface area contributed by atoms with E-state index in [4.69, 9.17) is 0 Å². The Kier molecular flexibility index (Phi) is 5.24. The number of rotatable bonds is 6. The van der Waals surface area contributed by atoms with Crippen molar-refractivity contribution in [1.82, 2.24) is 19.7 Å². The summed E-state index contributed by atoms with van der Waals surface area (Å²) >= 11 is 1.53. The van der Waals surface area contributed by atoms with Gasteiger partial charge in [0, 0.05) is 30.5 Å². The van der Waals surface area contributed by atoms with E-state index in [9.17, 15) is 9.59 Å². The van der Waals surface area contributed by atoms with Crippen LogP contribution in [0.3, 0.4) is 0 Å². The van der Waals surface area contributed by atoms with Crippen molar-refractivity contribution in [2.24, 2.45) is 0 Å². The second-order valence-corrected chi connectivity index (χ2v) is 8.33. The molecule has 1 fully saturated rings. The lowest BCUT2D eigenvalue weighted by Gasteiger charge is -2.16. The number of allylic oxidation sites excluding steroid dienone is 1. The predicted molar refractivity (Wildman–Crippen MR) is 126 cm³/mol. The second-order valence-electron chi connectivity index (χ2n) is 7.38. The van der Waals surface area contributed by atoms with Gasteiger partial charge in [-0.2, -0.15) is 5.10 Å². The number of amides is 1. The summed E-state index contributed by atoms with van der Waals surface area (Å²) in [5.74, 6) is 0.516. The first-order valence-electron chi connectivity index (χ1n) is 10.2. The molecule has 8 nitrogen and oxygen atoms in total. The molecule has 0 aliphatic carbocycles. The third-order valence-corrected chi connectivity index (χ3v) is 6.14. The number of nitrogens with zero attached hydrogens (tertiary/aromatic N) is 5. The van der Waals surface area contributed by atoms with Gasteiger partial charge in [0.15, 0.2) is 0 Å². The zero-order valence-corrected chi connectivity index (χ0v) is 18.0.